The van der Waals surface area contributed by atoms with Gasteiger partial charge in [0, 0.05) is 11.9 Å². The number of carbonyl (C=O) groups is 1. The van der Waals surface area contributed by atoms with Crippen molar-refractivity contribution in [2.45, 2.75) is 0 Å². The van der Waals surface area contributed by atoms with Gasteiger partial charge in [0.2, 0.25) is 0 Å². The number of halogens is 1. The van der Waals surface area contributed by atoms with Crippen LogP contribution < -0.4 is 11.1 Å². The van der Waals surface area contributed by atoms with Gasteiger partial charge in [0.15, 0.2) is 11.6 Å². The maximum Gasteiger partial charge on any atom is 0.258 e. The quantitative estimate of drug-likeness (QED) is 0.858. The largest absolute Gasteiger partial charge is 0.381 e. The summed E-state index contributed by atoms with van der Waals surface area (Å²) in [5, 5.41) is 11.2. The molecule has 0 saturated heterocycles. The van der Waals surface area contributed by atoms with Gasteiger partial charge in [-0.05, 0) is 24.3 Å². The molecule has 19 heavy (non-hydrogen) atoms. The molecule has 0 unspecified atom stereocenters. The summed E-state index contributed by atoms with van der Waals surface area (Å²) < 4.78 is 13.6. The molecule has 0 atom stereocenters. The number of amides is 1. The van der Waals surface area contributed by atoms with Gasteiger partial charge in [-0.3, -0.25) is 4.79 Å². The minimum Gasteiger partial charge on any atom is -0.381 e. The van der Waals surface area contributed by atoms with Gasteiger partial charge in [0.25, 0.3) is 5.91 Å². The number of rotatable bonds is 2. The fraction of sp³-hybridized carbons (Fsp3) is 0. The van der Waals surface area contributed by atoms with Crippen molar-refractivity contribution in [3.63, 3.8) is 0 Å². The average molecular weight is 256 g/mol. The molecule has 94 valence electrons. The van der Waals surface area contributed by atoms with E-state index in [0.717, 1.165) is 0 Å². The minimum absolute atomic E-state index is 0.199. The van der Waals surface area contributed by atoms with E-state index in [2.05, 4.69) is 10.3 Å². The number of benzene rings is 1. The lowest BCUT2D eigenvalue weighted by molar-refractivity contribution is 0.102. The predicted molar refractivity (Wildman–Crippen MR) is 67.7 cm³/mol. The Morgan fingerprint density at radius 3 is 2.95 bits per heavy atom. The zero-order valence-corrected chi connectivity index (χ0v) is 9.72. The summed E-state index contributed by atoms with van der Waals surface area (Å²) in [6.07, 6.45) is 1.25. The number of aromatic nitrogens is 1. The molecular formula is C13H9FN4O. The van der Waals surface area contributed by atoms with Crippen molar-refractivity contribution in [2.24, 2.45) is 0 Å². The number of hydrogen-bond donors (Lipinski definition) is 2. The molecule has 0 radical (unpaired) electrons. The lowest BCUT2D eigenvalue weighted by Gasteiger charge is -2.07. The molecular weight excluding hydrogens is 247 g/mol. The maximum absolute atomic E-state index is 13.6. The lowest BCUT2D eigenvalue weighted by atomic mass is 10.2. The third-order valence-corrected chi connectivity index (χ3v) is 2.41. The molecule has 0 aliphatic rings. The van der Waals surface area contributed by atoms with E-state index >= 15 is 0 Å². The van der Waals surface area contributed by atoms with Crippen molar-refractivity contribution in [3.05, 3.63) is 53.5 Å². The van der Waals surface area contributed by atoms with E-state index in [4.69, 9.17) is 11.0 Å². The summed E-state index contributed by atoms with van der Waals surface area (Å²) in [4.78, 5) is 15.4. The predicted octanol–water partition coefficient (Wildman–Crippen LogP) is 1.93. The number of nitrogens with two attached hydrogens (primary N) is 1. The molecule has 2 rings (SSSR count). The molecule has 1 amide bonds. The van der Waals surface area contributed by atoms with Crippen LogP contribution in [0.15, 0.2) is 36.5 Å². The number of nitrogens with zero attached hydrogens (tertiary/aromatic N) is 2. The van der Waals surface area contributed by atoms with Gasteiger partial charge >= 0.3 is 0 Å². The van der Waals surface area contributed by atoms with E-state index in [9.17, 15) is 9.18 Å². The Kier molecular flexibility index (Phi) is 3.39. The minimum atomic E-state index is -0.864. The Hall–Kier alpha value is -2.94. The second-order valence-electron chi connectivity index (χ2n) is 3.70. The maximum atomic E-state index is 13.6. The second kappa shape index (κ2) is 5.14. The Balaban J connectivity index is 2.26. The topological polar surface area (TPSA) is 91.8 Å². The third kappa shape index (κ3) is 2.66. The number of carbonyl (C=O) groups excluding carboxylic acids is 1. The van der Waals surface area contributed by atoms with Crippen molar-refractivity contribution < 1.29 is 9.18 Å². The van der Waals surface area contributed by atoms with Gasteiger partial charge in [0.1, 0.15) is 0 Å². The van der Waals surface area contributed by atoms with Crippen molar-refractivity contribution in [1.29, 1.82) is 5.26 Å². The highest BCUT2D eigenvalue weighted by molar-refractivity contribution is 6.04. The highest BCUT2D eigenvalue weighted by Gasteiger charge is 2.14. The van der Waals surface area contributed by atoms with E-state index in [-0.39, 0.29) is 11.4 Å². The molecule has 1 aromatic carbocycles. The van der Waals surface area contributed by atoms with E-state index in [0.29, 0.717) is 11.3 Å². The van der Waals surface area contributed by atoms with Gasteiger partial charge in [0.05, 0.1) is 17.2 Å². The fourth-order valence-electron chi connectivity index (χ4n) is 1.50. The van der Waals surface area contributed by atoms with Crippen molar-refractivity contribution in [1.82, 2.24) is 4.98 Å². The lowest BCUT2D eigenvalue weighted by Crippen LogP contribution is -2.15. The number of pyridine rings is 1. The number of anilines is 2. The van der Waals surface area contributed by atoms with Crippen LogP contribution in [0.1, 0.15) is 15.9 Å². The molecule has 1 aromatic heterocycles. The van der Waals surface area contributed by atoms with Crippen molar-refractivity contribution >= 4 is 17.4 Å². The van der Waals surface area contributed by atoms with Crippen molar-refractivity contribution in [3.8, 4) is 6.07 Å². The zero-order chi connectivity index (χ0) is 13.8. The van der Waals surface area contributed by atoms with Crippen molar-refractivity contribution in [2.75, 3.05) is 11.1 Å². The SMILES string of the molecule is N#Cc1cccc(NC(=O)c2ccnc(N)c2F)c1. The summed E-state index contributed by atoms with van der Waals surface area (Å²) >= 11 is 0. The van der Waals surface area contributed by atoms with Crippen LogP contribution in [0.25, 0.3) is 0 Å². The van der Waals surface area contributed by atoms with E-state index < -0.39 is 11.7 Å². The molecule has 2 aromatic rings. The Labute approximate surface area is 108 Å². The summed E-state index contributed by atoms with van der Waals surface area (Å²) in [6, 6.07) is 9.48. The number of nitrogen functional groups attached to an aromatic ring is 1. The van der Waals surface area contributed by atoms with Crippen LogP contribution in [-0.2, 0) is 0 Å². The first kappa shape index (κ1) is 12.5. The van der Waals surface area contributed by atoms with Crippen LogP contribution in [-0.4, -0.2) is 10.9 Å². The average Bonchev–Trinajstić information content (AvgIpc) is 2.42. The molecule has 0 bridgehead atoms. The molecule has 0 aliphatic carbocycles. The van der Waals surface area contributed by atoms with Crippen LogP contribution in [0.3, 0.4) is 0 Å². The Morgan fingerprint density at radius 2 is 2.21 bits per heavy atom. The smallest absolute Gasteiger partial charge is 0.258 e. The fourth-order valence-corrected chi connectivity index (χ4v) is 1.50. The van der Waals surface area contributed by atoms with Crippen LogP contribution >= 0.6 is 0 Å². The number of hydrogen-bond acceptors (Lipinski definition) is 4. The summed E-state index contributed by atoms with van der Waals surface area (Å²) in [5.74, 6) is -1.85. The van der Waals surface area contributed by atoms with Crippen LogP contribution in [0.2, 0.25) is 0 Å². The Bertz CT molecular complexity index is 679. The first-order valence-electron chi connectivity index (χ1n) is 5.33. The number of nitrogens with one attached hydrogen (secondary N) is 1. The van der Waals surface area contributed by atoms with Crippen LogP contribution in [0.4, 0.5) is 15.9 Å². The summed E-state index contributed by atoms with van der Waals surface area (Å²) in [7, 11) is 0. The van der Waals surface area contributed by atoms with E-state index in [1.165, 1.54) is 18.3 Å². The van der Waals surface area contributed by atoms with Crippen LogP contribution in [0, 0.1) is 17.1 Å². The molecule has 6 heteroatoms. The monoisotopic (exact) mass is 256 g/mol. The van der Waals surface area contributed by atoms with Gasteiger partial charge in [-0.25, -0.2) is 9.37 Å². The zero-order valence-electron chi connectivity index (χ0n) is 9.72. The standard InChI is InChI=1S/C13H9FN4O/c14-11-10(4-5-17-12(11)16)13(19)18-9-3-1-2-8(6-9)7-15/h1-6H,(H2,16,17)(H,18,19). The van der Waals surface area contributed by atoms with Gasteiger partial charge < -0.3 is 11.1 Å². The molecule has 1 heterocycles. The third-order valence-electron chi connectivity index (χ3n) is 2.41. The van der Waals surface area contributed by atoms with E-state index in [1.807, 2.05) is 6.07 Å². The highest BCUT2D eigenvalue weighted by Crippen LogP contribution is 2.15. The summed E-state index contributed by atoms with van der Waals surface area (Å²) in [5.41, 5.74) is 5.89. The highest BCUT2D eigenvalue weighted by atomic mass is 19.1. The molecule has 0 saturated carbocycles. The van der Waals surface area contributed by atoms with E-state index in [1.54, 1.807) is 18.2 Å². The normalized spacial score (nSPS) is 9.68. The Morgan fingerprint density at radius 1 is 1.42 bits per heavy atom. The van der Waals surface area contributed by atoms with Gasteiger partial charge in [-0.1, -0.05) is 6.07 Å². The molecule has 5 nitrogen and oxygen atoms in total. The molecule has 0 fully saturated rings. The van der Waals surface area contributed by atoms with Gasteiger partial charge in [-0.15, -0.1) is 0 Å². The molecule has 3 N–H and O–H groups in total. The first-order chi connectivity index (χ1) is 9.11. The molecule has 0 aliphatic heterocycles. The molecule has 0 spiro atoms. The summed E-state index contributed by atoms with van der Waals surface area (Å²) in [6.45, 7) is 0. The number of nitriles is 1. The first-order valence-corrected chi connectivity index (χ1v) is 5.33. The van der Waals surface area contributed by atoms with Gasteiger partial charge in [-0.2, -0.15) is 5.26 Å². The van der Waals surface area contributed by atoms with Crippen LogP contribution in [0.5, 0.6) is 0 Å². The second-order valence-corrected chi connectivity index (χ2v) is 3.70.